The predicted octanol–water partition coefficient (Wildman–Crippen LogP) is 3.55. The molecule has 1 saturated heterocycles. The average molecular weight is 315 g/mol. The number of benzene rings is 1. The molecule has 0 radical (unpaired) electrons. The monoisotopic (exact) mass is 315 g/mol. The lowest BCUT2D eigenvalue weighted by Gasteiger charge is -2.22. The van der Waals surface area contributed by atoms with Gasteiger partial charge in [-0.2, -0.15) is 5.10 Å². The van der Waals surface area contributed by atoms with Crippen molar-refractivity contribution in [3.8, 4) is 0 Å². The lowest BCUT2D eigenvalue weighted by Crippen LogP contribution is -2.23. The summed E-state index contributed by atoms with van der Waals surface area (Å²) in [5.41, 5.74) is 10.8. The molecule has 6 heteroatoms. The highest BCUT2D eigenvalue weighted by Gasteiger charge is 2.09. The van der Waals surface area contributed by atoms with Gasteiger partial charge in [-0.3, -0.25) is 5.43 Å². The van der Waals surface area contributed by atoms with Crippen LogP contribution < -0.4 is 16.1 Å². The van der Waals surface area contributed by atoms with Crippen LogP contribution in [0.2, 0.25) is 0 Å². The summed E-state index contributed by atoms with van der Waals surface area (Å²) in [5.74, 6) is 0.518. The van der Waals surface area contributed by atoms with Crippen LogP contribution in [0.4, 0.5) is 16.6 Å². The van der Waals surface area contributed by atoms with Gasteiger partial charge in [-0.25, -0.2) is 4.98 Å². The molecule has 5 nitrogen and oxygen atoms in total. The van der Waals surface area contributed by atoms with Gasteiger partial charge in [0.25, 0.3) is 0 Å². The van der Waals surface area contributed by atoms with Crippen molar-refractivity contribution < 1.29 is 0 Å². The fourth-order valence-electron chi connectivity index (χ4n) is 2.60. The van der Waals surface area contributed by atoms with Crippen molar-refractivity contribution in [3.63, 3.8) is 0 Å². The predicted molar refractivity (Wildman–Crippen MR) is 94.9 cm³/mol. The SMILES string of the molecule is Nc1csc(NN=Cc2ccc(N3CCCCCC3)cc2)n1. The maximum absolute atomic E-state index is 5.56. The first-order chi connectivity index (χ1) is 10.8. The van der Waals surface area contributed by atoms with Gasteiger partial charge in [-0.05, 0) is 30.5 Å². The summed E-state index contributed by atoms with van der Waals surface area (Å²) in [7, 11) is 0. The van der Waals surface area contributed by atoms with E-state index in [4.69, 9.17) is 5.73 Å². The number of hydrogen-bond acceptors (Lipinski definition) is 6. The zero-order valence-corrected chi connectivity index (χ0v) is 13.4. The summed E-state index contributed by atoms with van der Waals surface area (Å²) in [6.45, 7) is 2.33. The maximum Gasteiger partial charge on any atom is 0.205 e. The number of aromatic nitrogens is 1. The molecular formula is C16H21N5S. The maximum atomic E-state index is 5.56. The fraction of sp³-hybridized carbons (Fsp3) is 0.375. The Morgan fingerprint density at radius 3 is 2.50 bits per heavy atom. The molecule has 3 N–H and O–H groups in total. The summed E-state index contributed by atoms with van der Waals surface area (Å²) >= 11 is 1.44. The van der Waals surface area contributed by atoms with Gasteiger partial charge in [0.15, 0.2) is 0 Å². The number of hydrazone groups is 1. The molecule has 3 rings (SSSR count). The second-order valence-electron chi connectivity index (χ2n) is 5.44. The van der Waals surface area contributed by atoms with E-state index in [1.54, 1.807) is 11.6 Å². The molecule has 2 heterocycles. The van der Waals surface area contributed by atoms with E-state index in [1.165, 1.54) is 55.8 Å². The van der Waals surface area contributed by atoms with E-state index in [-0.39, 0.29) is 0 Å². The number of nitrogens with one attached hydrogen (secondary N) is 1. The standard InChI is InChI=1S/C16H21N5S/c17-15-12-22-16(19-15)20-18-11-13-5-7-14(8-6-13)21-9-3-1-2-4-10-21/h5-8,11-12H,1-4,9-10,17H2,(H,19,20). The molecule has 0 amide bonds. The molecule has 0 atom stereocenters. The van der Waals surface area contributed by atoms with Crippen LogP contribution in [-0.4, -0.2) is 24.3 Å². The van der Waals surface area contributed by atoms with Gasteiger partial charge < -0.3 is 10.6 Å². The molecule has 1 aliphatic heterocycles. The number of rotatable bonds is 4. The third-order valence-electron chi connectivity index (χ3n) is 3.76. The van der Waals surface area contributed by atoms with E-state index >= 15 is 0 Å². The lowest BCUT2D eigenvalue weighted by molar-refractivity contribution is 0.726. The molecule has 1 aromatic heterocycles. The summed E-state index contributed by atoms with van der Waals surface area (Å²) in [4.78, 5) is 6.57. The fourth-order valence-corrected chi connectivity index (χ4v) is 3.15. The Morgan fingerprint density at radius 2 is 1.86 bits per heavy atom. The molecule has 0 unspecified atom stereocenters. The van der Waals surface area contributed by atoms with Crippen molar-refractivity contribution in [3.05, 3.63) is 35.2 Å². The highest BCUT2D eigenvalue weighted by Crippen LogP contribution is 2.20. The van der Waals surface area contributed by atoms with E-state index in [2.05, 4.69) is 44.7 Å². The Kier molecular flexibility index (Phi) is 4.90. The van der Waals surface area contributed by atoms with Gasteiger partial charge in [0.2, 0.25) is 5.13 Å². The second kappa shape index (κ2) is 7.26. The van der Waals surface area contributed by atoms with Crippen molar-refractivity contribution in [2.24, 2.45) is 5.10 Å². The molecule has 0 aliphatic carbocycles. The largest absolute Gasteiger partial charge is 0.383 e. The van der Waals surface area contributed by atoms with Crippen molar-refractivity contribution in [1.29, 1.82) is 0 Å². The van der Waals surface area contributed by atoms with Gasteiger partial charge in [-0.15, -0.1) is 11.3 Å². The minimum Gasteiger partial charge on any atom is -0.383 e. The molecule has 1 fully saturated rings. The first-order valence-electron chi connectivity index (χ1n) is 7.66. The number of hydrogen-bond donors (Lipinski definition) is 2. The topological polar surface area (TPSA) is 66.5 Å². The number of nitrogens with zero attached hydrogens (tertiary/aromatic N) is 3. The first kappa shape index (κ1) is 14.8. The number of anilines is 3. The van der Waals surface area contributed by atoms with Crippen molar-refractivity contribution in [2.75, 3.05) is 29.1 Å². The van der Waals surface area contributed by atoms with Crippen LogP contribution in [0.15, 0.2) is 34.7 Å². The van der Waals surface area contributed by atoms with Gasteiger partial charge in [0.05, 0.1) is 6.21 Å². The Bertz CT molecular complexity index is 612. The Labute approximate surface area is 134 Å². The molecular weight excluding hydrogens is 294 g/mol. The Morgan fingerprint density at radius 1 is 1.14 bits per heavy atom. The molecule has 0 spiro atoms. The average Bonchev–Trinajstić information content (AvgIpc) is 2.78. The third-order valence-corrected chi connectivity index (χ3v) is 4.53. The normalized spacial score (nSPS) is 15.9. The first-order valence-corrected chi connectivity index (χ1v) is 8.54. The van der Waals surface area contributed by atoms with Crippen LogP contribution in [0.1, 0.15) is 31.2 Å². The van der Waals surface area contributed by atoms with Gasteiger partial charge >= 0.3 is 0 Å². The smallest absolute Gasteiger partial charge is 0.205 e. The van der Waals surface area contributed by atoms with Crippen LogP contribution in [0.25, 0.3) is 0 Å². The van der Waals surface area contributed by atoms with Crippen LogP contribution in [0.3, 0.4) is 0 Å². The van der Waals surface area contributed by atoms with E-state index in [0.717, 1.165) is 5.56 Å². The van der Waals surface area contributed by atoms with Crippen LogP contribution in [-0.2, 0) is 0 Å². The molecule has 22 heavy (non-hydrogen) atoms. The van der Waals surface area contributed by atoms with Crippen molar-refractivity contribution in [2.45, 2.75) is 25.7 Å². The van der Waals surface area contributed by atoms with E-state index in [0.29, 0.717) is 10.9 Å². The summed E-state index contributed by atoms with van der Waals surface area (Å²) in [5, 5.41) is 6.68. The quantitative estimate of drug-likeness (QED) is 0.669. The Hall–Kier alpha value is -2.08. The van der Waals surface area contributed by atoms with Crippen molar-refractivity contribution in [1.82, 2.24) is 4.98 Å². The van der Waals surface area contributed by atoms with Crippen LogP contribution in [0, 0.1) is 0 Å². The zero-order valence-electron chi connectivity index (χ0n) is 12.5. The lowest BCUT2D eigenvalue weighted by atomic mass is 10.2. The van der Waals surface area contributed by atoms with Crippen molar-refractivity contribution >= 4 is 34.2 Å². The zero-order chi connectivity index (χ0) is 15.2. The van der Waals surface area contributed by atoms with E-state index in [9.17, 15) is 0 Å². The molecule has 2 aromatic rings. The van der Waals surface area contributed by atoms with Crippen LogP contribution in [0.5, 0.6) is 0 Å². The second-order valence-corrected chi connectivity index (χ2v) is 6.30. The molecule has 1 aromatic carbocycles. The minimum absolute atomic E-state index is 0.518. The van der Waals surface area contributed by atoms with Crippen LogP contribution >= 0.6 is 11.3 Å². The van der Waals surface area contributed by atoms with E-state index < -0.39 is 0 Å². The highest BCUT2D eigenvalue weighted by molar-refractivity contribution is 7.14. The number of nitrogens with two attached hydrogens (primary N) is 1. The minimum atomic E-state index is 0.518. The molecule has 0 saturated carbocycles. The van der Waals surface area contributed by atoms with Gasteiger partial charge in [0, 0.05) is 24.2 Å². The number of thiazole rings is 1. The van der Waals surface area contributed by atoms with Gasteiger partial charge in [-0.1, -0.05) is 25.0 Å². The third kappa shape index (κ3) is 3.98. The molecule has 1 aliphatic rings. The molecule has 116 valence electrons. The summed E-state index contributed by atoms with van der Waals surface area (Å²) in [6, 6.07) is 8.55. The summed E-state index contributed by atoms with van der Waals surface area (Å²) < 4.78 is 0. The highest BCUT2D eigenvalue weighted by atomic mass is 32.1. The summed E-state index contributed by atoms with van der Waals surface area (Å²) in [6.07, 6.45) is 7.10. The number of nitrogen functional groups attached to an aromatic ring is 1. The molecule has 0 bridgehead atoms. The van der Waals surface area contributed by atoms with E-state index in [1.807, 2.05) is 0 Å². The van der Waals surface area contributed by atoms with Gasteiger partial charge in [0.1, 0.15) is 5.82 Å². The Balaban J connectivity index is 1.58.